The van der Waals surface area contributed by atoms with Gasteiger partial charge in [0, 0.05) is 36.1 Å². The molecule has 3 aromatic rings. The van der Waals surface area contributed by atoms with Crippen LogP contribution in [0.2, 0.25) is 5.02 Å². The van der Waals surface area contributed by atoms with Gasteiger partial charge in [0.2, 0.25) is 0 Å². The van der Waals surface area contributed by atoms with Gasteiger partial charge in [-0.3, -0.25) is 9.80 Å². The third-order valence-corrected chi connectivity index (χ3v) is 5.93. The monoisotopic (exact) mass is 386 g/mol. The van der Waals surface area contributed by atoms with Gasteiger partial charge in [-0.1, -0.05) is 41.9 Å². The van der Waals surface area contributed by atoms with Crippen molar-refractivity contribution in [2.75, 3.05) is 13.1 Å². The fourth-order valence-electron chi connectivity index (χ4n) is 3.51. The molecule has 134 valence electrons. The predicted molar refractivity (Wildman–Crippen MR) is 106 cm³/mol. The van der Waals surface area contributed by atoms with Crippen molar-refractivity contribution < 1.29 is 4.39 Å². The predicted octanol–water partition coefficient (Wildman–Crippen LogP) is 5.56. The first kappa shape index (κ1) is 17.7. The lowest BCUT2D eigenvalue weighted by Crippen LogP contribution is -2.29. The smallest absolute Gasteiger partial charge is 0.123 e. The van der Waals surface area contributed by atoms with Crippen LogP contribution in [0, 0.1) is 5.82 Å². The normalized spacial score (nSPS) is 18.5. The summed E-state index contributed by atoms with van der Waals surface area (Å²) in [5, 5.41) is 2.90. The second-order valence-electron chi connectivity index (χ2n) is 6.58. The Bertz CT molecular complexity index is 778. The van der Waals surface area contributed by atoms with Crippen LogP contribution in [0.5, 0.6) is 0 Å². The van der Waals surface area contributed by atoms with Gasteiger partial charge in [0.1, 0.15) is 5.82 Å². The van der Waals surface area contributed by atoms with Crippen LogP contribution in [0.4, 0.5) is 4.39 Å². The van der Waals surface area contributed by atoms with Crippen molar-refractivity contribution in [3.8, 4) is 0 Å². The summed E-state index contributed by atoms with van der Waals surface area (Å²) in [7, 11) is 0. The summed E-state index contributed by atoms with van der Waals surface area (Å²) in [6, 6.07) is 19.2. The lowest BCUT2D eigenvalue weighted by atomic mass is 10.2. The molecule has 4 rings (SSSR count). The number of hydrogen-bond donors (Lipinski definition) is 0. The van der Waals surface area contributed by atoms with Gasteiger partial charge >= 0.3 is 0 Å². The van der Waals surface area contributed by atoms with Crippen molar-refractivity contribution in [1.29, 1.82) is 0 Å². The van der Waals surface area contributed by atoms with Gasteiger partial charge in [0.05, 0.1) is 6.17 Å². The van der Waals surface area contributed by atoms with Crippen molar-refractivity contribution in [2.24, 2.45) is 0 Å². The maximum atomic E-state index is 13.2. The molecule has 0 unspecified atom stereocenters. The van der Waals surface area contributed by atoms with Gasteiger partial charge < -0.3 is 0 Å². The van der Waals surface area contributed by atoms with Crippen LogP contribution in [0.15, 0.2) is 66.0 Å². The largest absolute Gasteiger partial charge is 0.278 e. The second-order valence-corrected chi connectivity index (χ2v) is 8.00. The van der Waals surface area contributed by atoms with E-state index >= 15 is 0 Å². The van der Waals surface area contributed by atoms with Crippen LogP contribution in [0.1, 0.15) is 22.2 Å². The Morgan fingerprint density at radius 3 is 2.00 bits per heavy atom. The molecule has 2 aromatic carbocycles. The molecule has 1 fully saturated rings. The average molecular weight is 387 g/mol. The number of halogens is 2. The molecule has 5 heteroatoms. The minimum Gasteiger partial charge on any atom is -0.278 e. The van der Waals surface area contributed by atoms with E-state index in [0.29, 0.717) is 0 Å². The number of rotatable bonds is 5. The Morgan fingerprint density at radius 1 is 0.885 bits per heavy atom. The molecular formula is C21H20ClFN2S. The van der Waals surface area contributed by atoms with Crippen molar-refractivity contribution in [2.45, 2.75) is 19.3 Å². The van der Waals surface area contributed by atoms with Crippen molar-refractivity contribution in [1.82, 2.24) is 9.80 Å². The first-order valence-electron chi connectivity index (χ1n) is 8.69. The number of benzene rings is 2. The highest BCUT2D eigenvalue weighted by molar-refractivity contribution is 7.10. The quantitative estimate of drug-likeness (QED) is 0.566. The van der Waals surface area contributed by atoms with E-state index in [2.05, 4.69) is 39.4 Å². The van der Waals surface area contributed by atoms with E-state index in [1.165, 1.54) is 22.6 Å². The van der Waals surface area contributed by atoms with Gasteiger partial charge in [-0.25, -0.2) is 4.39 Å². The fourth-order valence-corrected chi connectivity index (χ4v) is 4.53. The standard InChI is InChI=1S/C21H20ClFN2S/c22-18-7-3-16(4-8-18)14-24-11-12-25(21(24)20-2-1-13-26-20)15-17-5-9-19(23)10-6-17/h1-10,13,21H,11-12,14-15H2/t21-/m1/s1. The Morgan fingerprint density at radius 2 is 1.46 bits per heavy atom. The molecule has 0 N–H and O–H groups in total. The molecule has 0 saturated carbocycles. The van der Waals surface area contributed by atoms with Crippen LogP contribution < -0.4 is 0 Å². The van der Waals surface area contributed by atoms with Gasteiger partial charge in [-0.15, -0.1) is 11.3 Å². The highest BCUT2D eigenvalue weighted by Crippen LogP contribution is 2.35. The van der Waals surface area contributed by atoms with Crippen LogP contribution in [0.3, 0.4) is 0 Å². The van der Waals surface area contributed by atoms with Crippen LogP contribution in [0.25, 0.3) is 0 Å². The Balaban J connectivity index is 1.55. The zero-order chi connectivity index (χ0) is 17.9. The maximum Gasteiger partial charge on any atom is 0.123 e. The first-order chi connectivity index (χ1) is 12.7. The zero-order valence-corrected chi connectivity index (χ0v) is 15.9. The van der Waals surface area contributed by atoms with E-state index in [0.717, 1.165) is 36.8 Å². The molecule has 0 amide bonds. The Labute approximate surface area is 162 Å². The van der Waals surface area contributed by atoms with E-state index in [4.69, 9.17) is 11.6 Å². The van der Waals surface area contributed by atoms with E-state index in [1.807, 2.05) is 24.3 Å². The molecule has 0 radical (unpaired) electrons. The minimum atomic E-state index is -0.186. The first-order valence-corrected chi connectivity index (χ1v) is 9.95. The summed E-state index contributed by atoms with van der Waals surface area (Å²) in [6.45, 7) is 3.71. The van der Waals surface area contributed by atoms with Gasteiger partial charge in [0.15, 0.2) is 0 Å². The van der Waals surface area contributed by atoms with Crippen LogP contribution in [-0.2, 0) is 13.1 Å². The summed E-state index contributed by atoms with van der Waals surface area (Å²) in [5.74, 6) is -0.186. The molecule has 1 saturated heterocycles. The summed E-state index contributed by atoms with van der Waals surface area (Å²) in [6.07, 6.45) is 0.246. The maximum absolute atomic E-state index is 13.2. The minimum absolute atomic E-state index is 0.186. The Kier molecular flexibility index (Phi) is 5.36. The van der Waals surface area contributed by atoms with E-state index in [9.17, 15) is 4.39 Å². The molecule has 1 aliphatic rings. The molecule has 0 bridgehead atoms. The highest BCUT2D eigenvalue weighted by Gasteiger charge is 2.33. The highest BCUT2D eigenvalue weighted by atomic mass is 35.5. The molecule has 2 nitrogen and oxygen atoms in total. The van der Waals surface area contributed by atoms with Gasteiger partial charge in [0.25, 0.3) is 0 Å². The van der Waals surface area contributed by atoms with Crippen LogP contribution >= 0.6 is 22.9 Å². The topological polar surface area (TPSA) is 6.48 Å². The summed E-state index contributed by atoms with van der Waals surface area (Å²) < 4.78 is 13.2. The average Bonchev–Trinajstić information content (AvgIpc) is 3.29. The summed E-state index contributed by atoms with van der Waals surface area (Å²) >= 11 is 7.81. The van der Waals surface area contributed by atoms with E-state index in [1.54, 1.807) is 11.3 Å². The van der Waals surface area contributed by atoms with Crippen LogP contribution in [-0.4, -0.2) is 22.9 Å². The molecule has 2 heterocycles. The lowest BCUT2D eigenvalue weighted by molar-refractivity contribution is 0.129. The van der Waals surface area contributed by atoms with E-state index < -0.39 is 0 Å². The van der Waals surface area contributed by atoms with Crippen molar-refractivity contribution in [3.05, 3.63) is 92.9 Å². The molecule has 1 aromatic heterocycles. The van der Waals surface area contributed by atoms with E-state index in [-0.39, 0.29) is 12.0 Å². The van der Waals surface area contributed by atoms with Gasteiger partial charge in [-0.2, -0.15) is 0 Å². The Hall–Kier alpha value is -1.72. The SMILES string of the molecule is Fc1ccc(CN2CCN(Cc3ccc(Cl)cc3)[C@H]2c2cccs2)cc1. The summed E-state index contributed by atoms with van der Waals surface area (Å²) in [5.41, 5.74) is 2.40. The molecular weight excluding hydrogens is 367 g/mol. The lowest BCUT2D eigenvalue weighted by Gasteiger charge is -2.29. The summed E-state index contributed by atoms with van der Waals surface area (Å²) in [4.78, 5) is 6.31. The molecule has 0 aliphatic carbocycles. The second kappa shape index (κ2) is 7.89. The number of nitrogens with zero attached hydrogens (tertiary/aromatic N) is 2. The molecule has 26 heavy (non-hydrogen) atoms. The van der Waals surface area contributed by atoms with Crippen molar-refractivity contribution >= 4 is 22.9 Å². The fraction of sp³-hybridized carbons (Fsp3) is 0.238. The zero-order valence-electron chi connectivity index (χ0n) is 14.3. The third-order valence-electron chi connectivity index (χ3n) is 4.76. The number of hydrogen-bond acceptors (Lipinski definition) is 3. The van der Waals surface area contributed by atoms with Gasteiger partial charge in [-0.05, 0) is 46.8 Å². The molecule has 0 spiro atoms. The van der Waals surface area contributed by atoms with Crippen molar-refractivity contribution in [3.63, 3.8) is 0 Å². The third kappa shape index (κ3) is 3.99. The molecule has 1 atom stereocenters. The molecule has 1 aliphatic heterocycles. The number of thiophene rings is 1.